The third kappa shape index (κ3) is 4.08. The summed E-state index contributed by atoms with van der Waals surface area (Å²) >= 11 is 3.13. The smallest absolute Gasteiger partial charge is 0.174 e. The minimum Gasteiger partial charge on any atom is -0.504 e. The van der Waals surface area contributed by atoms with Gasteiger partial charge in [0.2, 0.25) is 0 Å². The van der Waals surface area contributed by atoms with Crippen LogP contribution in [0.1, 0.15) is 60.8 Å². The Bertz CT molecular complexity index is 1780. The number of nitrogens with one attached hydrogen (secondary N) is 1. The number of ether oxygens (including phenoxy) is 2. The number of phenols is 2. The molecule has 5 N–H and O–H groups in total. The highest BCUT2D eigenvalue weighted by atomic mass is 79.9. The first-order valence-corrected chi connectivity index (χ1v) is 18.4. The first-order chi connectivity index (χ1) is 23.5. The Morgan fingerprint density at radius 1 is 0.837 bits per heavy atom. The first-order valence-electron chi connectivity index (χ1n) is 17.3. The van der Waals surface area contributed by atoms with Gasteiger partial charge < -0.3 is 35.2 Å². The Hall–Kier alpha value is -3.22. The Balaban J connectivity index is 0.000000129. The average Bonchev–Trinajstić information content (AvgIpc) is 3.63. The van der Waals surface area contributed by atoms with Crippen molar-refractivity contribution in [3.63, 3.8) is 0 Å². The Morgan fingerprint density at radius 2 is 1.39 bits per heavy atom. The van der Waals surface area contributed by atoms with E-state index in [0.717, 1.165) is 47.2 Å². The highest BCUT2D eigenvalue weighted by molar-refractivity contribution is 9.09. The molecule has 8 atom stereocenters. The second kappa shape index (κ2) is 11.4. The highest BCUT2D eigenvalue weighted by Gasteiger charge is 2.74. The number of Topliss-reactive ketones (excluding diaryl/α,β-unsaturated/α-hetero) is 2. The molecule has 4 aliphatic carbocycles. The number of hydrogen-bond donors (Lipinski definition) is 5. The van der Waals surface area contributed by atoms with Crippen LogP contribution in [-0.2, 0) is 33.3 Å². The zero-order valence-corrected chi connectivity index (χ0v) is 29.0. The number of ketones is 2. The number of allylic oxidation sites excluding steroid dienone is 1. The zero-order chi connectivity index (χ0) is 34.5. The van der Waals surface area contributed by atoms with E-state index in [-0.39, 0.29) is 35.1 Å². The van der Waals surface area contributed by atoms with Crippen molar-refractivity contribution in [1.82, 2.24) is 10.2 Å². The van der Waals surface area contributed by atoms with Gasteiger partial charge in [-0.2, -0.15) is 0 Å². The molecule has 11 heteroatoms. The number of likely N-dealkylation sites (tertiary alicyclic amines) is 1. The second-order valence-electron chi connectivity index (χ2n) is 14.8. The van der Waals surface area contributed by atoms with Gasteiger partial charge in [0.1, 0.15) is 0 Å². The number of benzene rings is 2. The van der Waals surface area contributed by atoms with E-state index < -0.39 is 34.2 Å². The fraction of sp³-hybridized carbons (Fsp3) is 0.526. The molecule has 4 fully saturated rings. The molecule has 0 radical (unpaired) electrons. The molecule has 8 aliphatic rings. The van der Waals surface area contributed by atoms with Gasteiger partial charge in [0, 0.05) is 54.5 Å². The predicted octanol–water partition coefficient (Wildman–Crippen LogP) is 3.27. The average molecular weight is 736 g/mol. The molecule has 260 valence electrons. The number of rotatable bonds is 3. The van der Waals surface area contributed by atoms with E-state index in [1.165, 1.54) is 0 Å². The molecule has 0 unspecified atom stereocenters. The van der Waals surface area contributed by atoms with E-state index in [1.54, 1.807) is 18.2 Å². The summed E-state index contributed by atoms with van der Waals surface area (Å²) in [5.41, 5.74) is 0.588. The molecule has 10 rings (SSSR count). The van der Waals surface area contributed by atoms with Gasteiger partial charge >= 0.3 is 0 Å². The van der Waals surface area contributed by atoms with Gasteiger partial charge in [-0.1, -0.05) is 40.2 Å². The third-order valence-corrected chi connectivity index (χ3v) is 13.4. The van der Waals surface area contributed by atoms with E-state index in [4.69, 9.17) is 9.47 Å². The van der Waals surface area contributed by atoms with Gasteiger partial charge in [-0.25, -0.2) is 0 Å². The second-order valence-corrected chi connectivity index (χ2v) is 15.4. The largest absolute Gasteiger partial charge is 0.504 e. The minimum absolute atomic E-state index is 0.0408. The molecule has 4 heterocycles. The van der Waals surface area contributed by atoms with E-state index in [2.05, 4.69) is 39.3 Å². The number of piperidine rings is 2. The molecule has 0 amide bonds. The summed E-state index contributed by atoms with van der Waals surface area (Å²) < 4.78 is 11.9. The lowest BCUT2D eigenvalue weighted by Crippen LogP contribution is -2.76. The molecule has 2 spiro atoms. The monoisotopic (exact) mass is 734 g/mol. The van der Waals surface area contributed by atoms with Crippen molar-refractivity contribution in [3.05, 3.63) is 71.8 Å². The number of halogens is 1. The van der Waals surface area contributed by atoms with E-state index in [1.807, 2.05) is 18.2 Å². The van der Waals surface area contributed by atoms with Crippen LogP contribution >= 0.6 is 15.9 Å². The van der Waals surface area contributed by atoms with Crippen molar-refractivity contribution in [1.29, 1.82) is 0 Å². The van der Waals surface area contributed by atoms with Gasteiger partial charge in [0.25, 0.3) is 0 Å². The van der Waals surface area contributed by atoms with Crippen molar-refractivity contribution in [3.8, 4) is 23.0 Å². The quantitative estimate of drug-likeness (QED) is 0.235. The predicted molar refractivity (Wildman–Crippen MR) is 185 cm³/mol. The molecule has 4 aliphatic heterocycles. The summed E-state index contributed by atoms with van der Waals surface area (Å²) in [6.45, 7) is 9.55. The molecular weight excluding hydrogens is 692 g/mol. The van der Waals surface area contributed by atoms with Crippen molar-refractivity contribution in [2.75, 3.05) is 25.0 Å². The zero-order valence-electron chi connectivity index (χ0n) is 27.4. The number of phenolic OH excluding ortho intramolecular Hbond substituents is 2. The molecule has 49 heavy (non-hydrogen) atoms. The summed E-state index contributed by atoms with van der Waals surface area (Å²) in [6, 6.07) is 7.00. The van der Waals surface area contributed by atoms with Crippen molar-refractivity contribution < 1.29 is 39.5 Å². The number of aromatic hydroxyl groups is 2. The van der Waals surface area contributed by atoms with Crippen LogP contribution in [0.3, 0.4) is 0 Å². The van der Waals surface area contributed by atoms with Crippen molar-refractivity contribution in [2.24, 2.45) is 0 Å². The number of alkyl halides is 1. The maximum Gasteiger partial charge on any atom is 0.174 e. The summed E-state index contributed by atoms with van der Waals surface area (Å²) in [4.78, 5) is 27.3. The molecule has 0 aromatic heterocycles. The standard InChI is InChI=1S/C19H21NO4.C16H17NO4.C3H5Br/c1-2-8-20-9-7-18-15-11-3-4-12(21)16(15)24-17(18)13(22)5-6-19(18,23)14(20)10-11;18-9-2-1-8-7-11-16(20)4-3-10(19)14-15(16,5-6-17-11)12(8)13(9)21-14;1-2-3-4/h2-4,14,17,21,23H,1,5-10H2;1-2,11,14,17-18,20H,3-7H2;2H,1,3H2/t14-,17+,18+,19-;11-,14+,15+,16-;/m11./s1. The topological polar surface area (TPSA) is 149 Å². The van der Waals surface area contributed by atoms with Gasteiger partial charge in [0.15, 0.2) is 46.8 Å². The van der Waals surface area contributed by atoms with Gasteiger partial charge in [-0.05, 0) is 68.3 Å². The summed E-state index contributed by atoms with van der Waals surface area (Å²) in [7, 11) is 0. The van der Waals surface area contributed by atoms with Crippen LogP contribution in [0.2, 0.25) is 0 Å². The number of carbonyl (C=O) groups excluding carboxylic acids is 2. The lowest BCUT2D eigenvalue weighted by Gasteiger charge is -2.62. The van der Waals surface area contributed by atoms with E-state index >= 15 is 0 Å². The van der Waals surface area contributed by atoms with Crippen LogP contribution in [0.15, 0.2) is 49.6 Å². The van der Waals surface area contributed by atoms with Crippen LogP contribution in [0.5, 0.6) is 23.0 Å². The van der Waals surface area contributed by atoms with Crippen LogP contribution in [0.25, 0.3) is 0 Å². The molecular formula is C38H43BrN2O8. The Labute approximate surface area is 293 Å². The summed E-state index contributed by atoms with van der Waals surface area (Å²) in [6.07, 6.45) is 6.68. The van der Waals surface area contributed by atoms with Crippen LogP contribution in [0.4, 0.5) is 0 Å². The maximum atomic E-state index is 12.6. The molecule has 2 saturated carbocycles. The molecule has 4 bridgehead atoms. The number of aliphatic hydroxyl groups is 2. The molecule has 2 aromatic rings. The van der Waals surface area contributed by atoms with E-state index in [9.17, 15) is 30.0 Å². The van der Waals surface area contributed by atoms with E-state index in [0.29, 0.717) is 62.9 Å². The lowest BCUT2D eigenvalue weighted by atomic mass is 9.49. The fourth-order valence-corrected chi connectivity index (χ4v) is 11.0. The van der Waals surface area contributed by atoms with Crippen molar-refractivity contribution in [2.45, 2.75) is 97.7 Å². The first kappa shape index (κ1) is 33.0. The van der Waals surface area contributed by atoms with Crippen molar-refractivity contribution >= 4 is 27.5 Å². The van der Waals surface area contributed by atoms with Crippen LogP contribution in [0, 0.1) is 0 Å². The summed E-state index contributed by atoms with van der Waals surface area (Å²) in [5.74, 6) is 1.07. The lowest BCUT2D eigenvalue weighted by molar-refractivity contribution is -0.187. The van der Waals surface area contributed by atoms with Gasteiger partial charge in [0.05, 0.1) is 22.0 Å². The third-order valence-electron chi connectivity index (χ3n) is 12.9. The minimum atomic E-state index is -1.00. The Kier molecular flexibility index (Phi) is 7.66. The normalized spacial score (nSPS) is 37.9. The summed E-state index contributed by atoms with van der Waals surface area (Å²) in [5, 5.41) is 48.0. The molecule has 10 nitrogen and oxygen atoms in total. The van der Waals surface area contributed by atoms with Crippen LogP contribution in [-0.4, -0.2) is 97.4 Å². The van der Waals surface area contributed by atoms with Crippen LogP contribution < -0.4 is 14.8 Å². The van der Waals surface area contributed by atoms with Gasteiger partial charge in [-0.3, -0.25) is 14.5 Å². The van der Waals surface area contributed by atoms with Gasteiger partial charge in [-0.15, -0.1) is 13.2 Å². The number of hydrogen-bond acceptors (Lipinski definition) is 10. The number of carbonyl (C=O) groups is 2. The SMILES string of the molecule is C=CCBr.C=CCN1CC[C@]23c4c5ccc(O)c4O[C@H]2C(=O)CC[C@@]3(O)[C@H]1C5.O=C1CC[C@@]2(O)[C@H]3Cc4ccc(O)c5c4[C@@]2(CCN3)[C@H]1O5. The maximum absolute atomic E-state index is 12.6. The highest BCUT2D eigenvalue weighted by Crippen LogP contribution is 2.65. The molecule has 2 aromatic carbocycles. The Morgan fingerprint density at radius 3 is 1.96 bits per heavy atom. The number of nitrogens with zero attached hydrogens (tertiary/aromatic N) is 1. The molecule has 2 saturated heterocycles. The fourth-order valence-electron chi connectivity index (χ4n) is 11.0.